The van der Waals surface area contributed by atoms with E-state index in [0.717, 1.165) is 16.9 Å². The topological polar surface area (TPSA) is 75.2 Å². The zero-order valence-corrected chi connectivity index (χ0v) is 12.0. The van der Waals surface area contributed by atoms with Crippen molar-refractivity contribution < 1.29 is 14.6 Å². The zero-order valence-electron chi connectivity index (χ0n) is 12.0. The number of aromatic nitrogens is 2. The maximum absolute atomic E-state index is 11.3. The SMILES string of the molecule is Cc1ccc(C)c(OC(C)c2n[nH]c(C)c2C(=O)O)c1. The molecule has 0 amide bonds. The van der Waals surface area contributed by atoms with Crippen molar-refractivity contribution in [1.82, 2.24) is 10.2 Å². The quantitative estimate of drug-likeness (QED) is 0.898. The molecule has 0 bridgehead atoms. The van der Waals surface area contributed by atoms with Crippen LogP contribution in [0.3, 0.4) is 0 Å². The second-order valence-corrected chi connectivity index (χ2v) is 4.94. The van der Waals surface area contributed by atoms with E-state index in [1.807, 2.05) is 32.0 Å². The molecular weight excluding hydrogens is 256 g/mol. The molecule has 5 nitrogen and oxygen atoms in total. The highest BCUT2D eigenvalue weighted by Gasteiger charge is 2.23. The van der Waals surface area contributed by atoms with E-state index in [1.54, 1.807) is 13.8 Å². The number of benzene rings is 1. The molecule has 0 aliphatic heterocycles. The lowest BCUT2D eigenvalue weighted by Gasteiger charge is -2.16. The Kier molecular flexibility index (Phi) is 3.79. The second-order valence-electron chi connectivity index (χ2n) is 4.94. The average molecular weight is 274 g/mol. The molecule has 1 aromatic heterocycles. The van der Waals surface area contributed by atoms with E-state index >= 15 is 0 Å². The molecule has 2 rings (SSSR count). The Bertz CT molecular complexity index is 647. The number of carboxylic acid groups (broad SMARTS) is 1. The normalized spacial score (nSPS) is 12.2. The van der Waals surface area contributed by atoms with Gasteiger partial charge in [-0.05, 0) is 44.9 Å². The van der Waals surface area contributed by atoms with Gasteiger partial charge < -0.3 is 9.84 Å². The second kappa shape index (κ2) is 5.36. The van der Waals surface area contributed by atoms with Gasteiger partial charge in [-0.1, -0.05) is 12.1 Å². The van der Waals surface area contributed by atoms with Crippen molar-refractivity contribution in [3.05, 3.63) is 46.3 Å². The molecule has 0 saturated carbocycles. The van der Waals surface area contributed by atoms with E-state index in [-0.39, 0.29) is 5.56 Å². The summed E-state index contributed by atoms with van der Waals surface area (Å²) in [6.07, 6.45) is -0.438. The van der Waals surface area contributed by atoms with Gasteiger partial charge in [0.05, 0.1) is 0 Å². The number of carbonyl (C=O) groups is 1. The number of aryl methyl sites for hydroxylation is 3. The van der Waals surface area contributed by atoms with E-state index in [4.69, 9.17) is 4.74 Å². The van der Waals surface area contributed by atoms with Gasteiger partial charge in [0.1, 0.15) is 23.1 Å². The van der Waals surface area contributed by atoms with Crippen molar-refractivity contribution in [3.63, 3.8) is 0 Å². The van der Waals surface area contributed by atoms with E-state index in [1.165, 1.54) is 0 Å². The molecule has 1 atom stereocenters. The Balaban J connectivity index is 2.31. The van der Waals surface area contributed by atoms with Gasteiger partial charge in [0, 0.05) is 5.69 Å². The first kappa shape index (κ1) is 14.1. The molecule has 0 spiro atoms. The molecular formula is C15H18N2O3. The Morgan fingerprint density at radius 1 is 1.35 bits per heavy atom. The summed E-state index contributed by atoms with van der Waals surface area (Å²) in [5.41, 5.74) is 3.23. The molecule has 106 valence electrons. The maximum atomic E-state index is 11.3. The summed E-state index contributed by atoms with van der Waals surface area (Å²) in [4.78, 5) is 11.3. The van der Waals surface area contributed by atoms with Crippen molar-refractivity contribution in [2.24, 2.45) is 0 Å². The fraction of sp³-hybridized carbons (Fsp3) is 0.333. The molecule has 0 aliphatic rings. The zero-order chi connectivity index (χ0) is 14.9. The predicted molar refractivity (Wildman–Crippen MR) is 75.2 cm³/mol. The molecule has 20 heavy (non-hydrogen) atoms. The minimum absolute atomic E-state index is 0.183. The third-order valence-corrected chi connectivity index (χ3v) is 3.22. The molecule has 1 unspecified atom stereocenters. The maximum Gasteiger partial charge on any atom is 0.339 e. The number of rotatable bonds is 4. The van der Waals surface area contributed by atoms with Gasteiger partial charge in [0.2, 0.25) is 0 Å². The number of nitrogens with zero attached hydrogens (tertiary/aromatic N) is 1. The van der Waals surface area contributed by atoms with Crippen LogP contribution in [-0.4, -0.2) is 21.3 Å². The first-order valence-electron chi connectivity index (χ1n) is 6.42. The monoisotopic (exact) mass is 274 g/mol. The van der Waals surface area contributed by atoms with Gasteiger partial charge in [0.25, 0.3) is 0 Å². The van der Waals surface area contributed by atoms with Crippen LogP contribution in [0.15, 0.2) is 18.2 Å². The van der Waals surface area contributed by atoms with Crippen LogP contribution in [0.5, 0.6) is 5.75 Å². The number of nitrogens with one attached hydrogen (secondary N) is 1. The number of H-pyrrole nitrogens is 1. The highest BCUT2D eigenvalue weighted by molar-refractivity contribution is 5.90. The van der Waals surface area contributed by atoms with Gasteiger partial charge in [-0.25, -0.2) is 4.79 Å². The van der Waals surface area contributed by atoms with Crippen LogP contribution >= 0.6 is 0 Å². The fourth-order valence-electron chi connectivity index (χ4n) is 2.09. The van der Waals surface area contributed by atoms with E-state index in [0.29, 0.717) is 11.4 Å². The van der Waals surface area contributed by atoms with Crippen LogP contribution < -0.4 is 4.74 Å². The smallest absolute Gasteiger partial charge is 0.339 e. The molecule has 2 N–H and O–H groups in total. The Morgan fingerprint density at radius 3 is 2.70 bits per heavy atom. The standard InChI is InChI=1S/C15H18N2O3/c1-8-5-6-9(2)12(7-8)20-11(4)14-13(15(18)19)10(3)16-17-14/h5-7,11H,1-4H3,(H,16,17)(H,18,19). The molecule has 0 saturated heterocycles. The summed E-state index contributed by atoms with van der Waals surface area (Å²) in [6, 6.07) is 5.92. The van der Waals surface area contributed by atoms with Crippen molar-refractivity contribution >= 4 is 5.97 Å². The number of aromatic carboxylic acids is 1. The summed E-state index contributed by atoms with van der Waals surface area (Å²) >= 11 is 0. The largest absolute Gasteiger partial charge is 0.484 e. The van der Waals surface area contributed by atoms with Crippen LogP contribution in [0.25, 0.3) is 0 Å². The molecule has 5 heteroatoms. The summed E-state index contributed by atoms with van der Waals surface area (Å²) < 4.78 is 5.87. The van der Waals surface area contributed by atoms with Crippen molar-refractivity contribution in [2.75, 3.05) is 0 Å². The number of ether oxygens (including phenoxy) is 1. The van der Waals surface area contributed by atoms with Crippen LogP contribution in [0, 0.1) is 20.8 Å². The van der Waals surface area contributed by atoms with E-state index in [9.17, 15) is 9.90 Å². The molecule has 0 fully saturated rings. The lowest BCUT2D eigenvalue weighted by molar-refractivity contribution is 0.0691. The van der Waals surface area contributed by atoms with Gasteiger partial charge in [-0.2, -0.15) is 5.10 Å². The highest BCUT2D eigenvalue weighted by atomic mass is 16.5. The summed E-state index contributed by atoms with van der Waals surface area (Å²) in [5.74, 6) is -0.253. The third-order valence-electron chi connectivity index (χ3n) is 3.22. The molecule has 2 aromatic rings. The van der Waals surface area contributed by atoms with Crippen LogP contribution in [0.1, 0.15) is 45.9 Å². The molecule has 0 radical (unpaired) electrons. The third kappa shape index (κ3) is 2.66. The van der Waals surface area contributed by atoms with Crippen LogP contribution in [0.4, 0.5) is 0 Å². The molecule has 1 aromatic carbocycles. The minimum Gasteiger partial charge on any atom is -0.484 e. The lowest BCUT2D eigenvalue weighted by Crippen LogP contribution is -2.10. The van der Waals surface area contributed by atoms with Crippen molar-refractivity contribution in [1.29, 1.82) is 0 Å². The van der Waals surface area contributed by atoms with E-state index < -0.39 is 12.1 Å². The average Bonchev–Trinajstić information content (AvgIpc) is 2.76. The fourth-order valence-corrected chi connectivity index (χ4v) is 2.09. The number of hydrogen-bond acceptors (Lipinski definition) is 3. The summed E-state index contributed by atoms with van der Waals surface area (Å²) in [6.45, 7) is 7.42. The van der Waals surface area contributed by atoms with Crippen molar-refractivity contribution in [3.8, 4) is 5.75 Å². The Labute approximate surface area is 117 Å². The Morgan fingerprint density at radius 2 is 2.05 bits per heavy atom. The number of carboxylic acids is 1. The Hall–Kier alpha value is -2.30. The first-order chi connectivity index (χ1) is 9.40. The minimum atomic E-state index is -0.998. The predicted octanol–water partition coefficient (Wildman–Crippen LogP) is 3.17. The molecule has 1 heterocycles. The lowest BCUT2D eigenvalue weighted by atomic mass is 10.1. The van der Waals surface area contributed by atoms with Gasteiger partial charge in [-0.3, -0.25) is 5.10 Å². The number of aromatic amines is 1. The van der Waals surface area contributed by atoms with Crippen LogP contribution in [-0.2, 0) is 0 Å². The summed E-state index contributed by atoms with van der Waals surface area (Å²) in [7, 11) is 0. The molecule has 0 aliphatic carbocycles. The van der Waals surface area contributed by atoms with Gasteiger partial charge in [-0.15, -0.1) is 0 Å². The summed E-state index contributed by atoms with van der Waals surface area (Å²) in [5, 5.41) is 16.0. The highest BCUT2D eigenvalue weighted by Crippen LogP contribution is 2.27. The van der Waals surface area contributed by atoms with Gasteiger partial charge in [0.15, 0.2) is 0 Å². The number of hydrogen-bond donors (Lipinski definition) is 2. The van der Waals surface area contributed by atoms with Crippen molar-refractivity contribution in [2.45, 2.75) is 33.8 Å². The van der Waals surface area contributed by atoms with Gasteiger partial charge >= 0.3 is 5.97 Å². The van der Waals surface area contributed by atoms with Crippen LogP contribution in [0.2, 0.25) is 0 Å². The first-order valence-corrected chi connectivity index (χ1v) is 6.42. The van der Waals surface area contributed by atoms with E-state index in [2.05, 4.69) is 10.2 Å².